The van der Waals surface area contributed by atoms with Crippen LogP contribution in [0, 0.1) is 5.82 Å². The van der Waals surface area contributed by atoms with Crippen molar-refractivity contribution in [3.05, 3.63) is 92.4 Å². The molecule has 1 fully saturated rings. The van der Waals surface area contributed by atoms with Gasteiger partial charge < -0.3 is 19.1 Å². The van der Waals surface area contributed by atoms with E-state index >= 15 is 0 Å². The monoisotopic (exact) mass is 520 g/mol. The fourth-order valence-corrected chi connectivity index (χ4v) is 5.31. The molecule has 0 N–H and O–H groups in total. The number of aromatic nitrogens is 2. The van der Waals surface area contributed by atoms with Crippen LogP contribution in [0.4, 0.5) is 10.1 Å². The van der Waals surface area contributed by atoms with Crippen LogP contribution in [0.5, 0.6) is 0 Å². The molecule has 37 heavy (non-hydrogen) atoms. The number of hydrogen-bond acceptors (Lipinski definition) is 7. The fraction of sp³-hybridized carbons (Fsp3) is 0.259. The second-order valence-corrected chi connectivity index (χ2v) is 9.56. The summed E-state index contributed by atoms with van der Waals surface area (Å²) in [5, 5.41) is 2.50. The van der Waals surface area contributed by atoms with E-state index in [0.717, 1.165) is 0 Å². The van der Waals surface area contributed by atoms with Gasteiger partial charge in [0.25, 0.3) is 11.5 Å². The minimum Gasteiger partial charge on any atom is -0.462 e. The Bertz CT molecular complexity index is 1490. The highest BCUT2D eigenvalue weighted by atomic mass is 32.1. The molecule has 1 amide bonds. The molecule has 1 saturated heterocycles. The van der Waals surface area contributed by atoms with Crippen molar-refractivity contribution >= 4 is 39.8 Å². The van der Waals surface area contributed by atoms with E-state index in [0.29, 0.717) is 53.2 Å². The molecule has 0 aliphatic carbocycles. The summed E-state index contributed by atoms with van der Waals surface area (Å²) in [5.74, 6) is -1.11. The van der Waals surface area contributed by atoms with E-state index in [-0.39, 0.29) is 30.4 Å². The van der Waals surface area contributed by atoms with Crippen molar-refractivity contribution in [2.75, 3.05) is 37.7 Å². The number of pyridine rings is 2. The Morgan fingerprint density at radius 3 is 2.51 bits per heavy atom. The Labute approximate surface area is 216 Å². The summed E-state index contributed by atoms with van der Waals surface area (Å²) >= 11 is 1.40. The lowest BCUT2D eigenvalue weighted by molar-refractivity contribution is 0.0523. The minimum absolute atomic E-state index is 0.0264. The van der Waals surface area contributed by atoms with Crippen LogP contribution in [0.3, 0.4) is 0 Å². The van der Waals surface area contributed by atoms with Crippen molar-refractivity contribution in [2.45, 2.75) is 13.5 Å². The number of thiophene rings is 1. The lowest BCUT2D eigenvalue weighted by Gasteiger charge is -2.37. The van der Waals surface area contributed by atoms with Crippen LogP contribution in [0.15, 0.2) is 65.0 Å². The normalized spacial score (nSPS) is 13.7. The summed E-state index contributed by atoms with van der Waals surface area (Å²) in [5.41, 5.74) is 1.22. The maximum Gasteiger partial charge on any atom is 0.345 e. The van der Waals surface area contributed by atoms with Gasteiger partial charge in [0.2, 0.25) is 0 Å². The molecule has 1 aliphatic heterocycles. The number of piperazine rings is 1. The quantitative estimate of drug-likeness (QED) is 0.360. The van der Waals surface area contributed by atoms with E-state index in [4.69, 9.17) is 4.74 Å². The summed E-state index contributed by atoms with van der Waals surface area (Å²) in [4.78, 5) is 48.5. The van der Waals surface area contributed by atoms with E-state index in [2.05, 4.69) is 4.98 Å². The Balaban J connectivity index is 1.57. The first-order valence-electron chi connectivity index (χ1n) is 12.0. The zero-order valence-corrected chi connectivity index (χ0v) is 21.0. The molecular weight excluding hydrogens is 495 g/mol. The van der Waals surface area contributed by atoms with Gasteiger partial charge in [-0.1, -0.05) is 18.2 Å². The van der Waals surface area contributed by atoms with Gasteiger partial charge in [-0.2, -0.15) is 0 Å². The van der Waals surface area contributed by atoms with Crippen LogP contribution < -0.4 is 10.5 Å². The van der Waals surface area contributed by atoms with Gasteiger partial charge in [-0.15, -0.1) is 11.3 Å². The van der Waals surface area contributed by atoms with E-state index in [1.54, 1.807) is 48.5 Å². The van der Waals surface area contributed by atoms with Crippen molar-refractivity contribution < 1.29 is 18.7 Å². The topological polar surface area (TPSA) is 84.7 Å². The SMILES string of the molecule is CCOC(=O)c1c(N2CCN(C(=O)c3cccs3)CC2)c2cnccc2n(Cc2ccc(F)cc2)c1=O. The summed E-state index contributed by atoms with van der Waals surface area (Å²) < 4.78 is 20.3. The number of anilines is 1. The number of rotatable bonds is 6. The predicted molar refractivity (Wildman–Crippen MR) is 140 cm³/mol. The van der Waals surface area contributed by atoms with Crippen LogP contribution in [0.25, 0.3) is 10.9 Å². The summed E-state index contributed by atoms with van der Waals surface area (Å²) in [7, 11) is 0. The second kappa shape index (κ2) is 10.5. The molecule has 0 spiro atoms. The molecule has 0 unspecified atom stereocenters. The van der Waals surface area contributed by atoms with Gasteiger partial charge >= 0.3 is 5.97 Å². The predicted octanol–water partition coefficient (Wildman–Crippen LogP) is 3.78. The molecule has 0 radical (unpaired) electrons. The molecule has 0 atom stereocenters. The number of benzene rings is 1. The molecule has 10 heteroatoms. The molecule has 4 heterocycles. The molecule has 0 saturated carbocycles. The van der Waals surface area contributed by atoms with Gasteiger partial charge in [0.15, 0.2) is 0 Å². The first kappa shape index (κ1) is 24.6. The van der Waals surface area contributed by atoms with Crippen molar-refractivity contribution in [1.82, 2.24) is 14.5 Å². The van der Waals surface area contributed by atoms with Crippen LogP contribution >= 0.6 is 11.3 Å². The maximum atomic E-state index is 13.8. The number of esters is 1. The van der Waals surface area contributed by atoms with Gasteiger partial charge in [0.1, 0.15) is 11.4 Å². The van der Waals surface area contributed by atoms with Gasteiger partial charge in [-0.25, -0.2) is 9.18 Å². The zero-order chi connectivity index (χ0) is 25.9. The molecule has 1 aliphatic rings. The van der Waals surface area contributed by atoms with Crippen LogP contribution in [0.2, 0.25) is 0 Å². The second-order valence-electron chi connectivity index (χ2n) is 8.61. The number of carbonyl (C=O) groups excluding carboxylic acids is 2. The van der Waals surface area contributed by atoms with Crippen molar-refractivity contribution in [3.8, 4) is 0 Å². The average molecular weight is 521 g/mol. The van der Waals surface area contributed by atoms with Gasteiger partial charge in [0.05, 0.1) is 29.2 Å². The Morgan fingerprint density at radius 1 is 1.08 bits per heavy atom. The number of carbonyl (C=O) groups is 2. The third kappa shape index (κ3) is 4.84. The summed E-state index contributed by atoms with van der Waals surface area (Å²) in [6, 6.07) is 11.3. The summed E-state index contributed by atoms with van der Waals surface area (Å²) in [6.07, 6.45) is 3.23. The Kier molecular flexibility index (Phi) is 7.00. The molecule has 4 aromatic rings. The highest BCUT2D eigenvalue weighted by Crippen LogP contribution is 2.30. The molecule has 0 bridgehead atoms. The molecule has 3 aromatic heterocycles. The Morgan fingerprint density at radius 2 is 1.84 bits per heavy atom. The van der Waals surface area contributed by atoms with Crippen molar-refractivity contribution in [1.29, 1.82) is 0 Å². The van der Waals surface area contributed by atoms with E-state index in [9.17, 15) is 18.8 Å². The largest absolute Gasteiger partial charge is 0.462 e. The third-order valence-corrected chi connectivity index (χ3v) is 7.25. The number of halogens is 1. The lowest BCUT2D eigenvalue weighted by atomic mass is 10.1. The lowest BCUT2D eigenvalue weighted by Crippen LogP contribution is -2.49. The summed E-state index contributed by atoms with van der Waals surface area (Å²) in [6.45, 7) is 3.72. The highest BCUT2D eigenvalue weighted by Gasteiger charge is 2.30. The van der Waals surface area contributed by atoms with Crippen LogP contribution in [-0.2, 0) is 11.3 Å². The van der Waals surface area contributed by atoms with Crippen LogP contribution in [0.1, 0.15) is 32.5 Å². The van der Waals surface area contributed by atoms with Gasteiger partial charge in [-0.05, 0) is 42.1 Å². The van der Waals surface area contributed by atoms with E-state index in [1.165, 1.54) is 28.0 Å². The standard InChI is InChI=1S/C27H25FN4O4S/c1-2-36-27(35)23-24(30-11-13-31(14-12-30)25(33)22-4-3-15-37-22)20-16-29-10-9-21(20)32(26(23)34)17-18-5-7-19(28)8-6-18/h3-10,15-16H,2,11-14,17H2,1H3. The van der Waals surface area contributed by atoms with Crippen molar-refractivity contribution in [3.63, 3.8) is 0 Å². The number of amides is 1. The molecule has 1 aromatic carbocycles. The number of nitrogens with zero attached hydrogens (tertiary/aromatic N) is 4. The smallest absolute Gasteiger partial charge is 0.345 e. The van der Waals surface area contributed by atoms with E-state index < -0.39 is 11.5 Å². The number of ether oxygens (including phenoxy) is 1. The zero-order valence-electron chi connectivity index (χ0n) is 20.2. The molecule has 8 nitrogen and oxygen atoms in total. The maximum absolute atomic E-state index is 13.8. The first-order valence-corrected chi connectivity index (χ1v) is 12.9. The van der Waals surface area contributed by atoms with Crippen molar-refractivity contribution in [2.24, 2.45) is 0 Å². The van der Waals surface area contributed by atoms with Gasteiger partial charge in [-0.3, -0.25) is 14.6 Å². The third-order valence-electron chi connectivity index (χ3n) is 6.39. The number of hydrogen-bond donors (Lipinski definition) is 0. The first-order chi connectivity index (χ1) is 18.0. The average Bonchev–Trinajstić information content (AvgIpc) is 3.46. The molecular formula is C27H25FN4O4S. The number of fused-ring (bicyclic) bond motifs is 1. The highest BCUT2D eigenvalue weighted by molar-refractivity contribution is 7.12. The Hall–Kier alpha value is -4.05. The molecule has 190 valence electrons. The van der Waals surface area contributed by atoms with Crippen LogP contribution in [-0.4, -0.2) is 59.1 Å². The molecule has 5 rings (SSSR count). The minimum atomic E-state index is -0.710. The van der Waals surface area contributed by atoms with Gasteiger partial charge in [0, 0.05) is 44.0 Å². The van der Waals surface area contributed by atoms with E-state index in [1.807, 2.05) is 16.3 Å². The fourth-order valence-electron chi connectivity index (χ4n) is 4.62.